The zero-order chi connectivity index (χ0) is 21.2. The average molecular weight is 398 g/mol. The molecule has 0 bridgehead atoms. The van der Waals surface area contributed by atoms with Crippen LogP contribution in [0.5, 0.6) is 0 Å². The Morgan fingerprint density at radius 3 is 2.38 bits per heavy atom. The summed E-state index contributed by atoms with van der Waals surface area (Å²) >= 11 is 0. The molecule has 2 amide bonds. The molecule has 1 atom stereocenters. The van der Waals surface area contributed by atoms with Gasteiger partial charge in [-0.25, -0.2) is 0 Å². The summed E-state index contributed by atoms with van der Waals surface area (Å²) in [5.41, 5.74) is 3.99. The number of nitrogens with one attached hydrogen (secondary N) is 2. The van der Waals surface area contributed by atoms with E-state index in [1.165, 1.54) is 0 Å². The Morgan fingerprint density at radius 2 is 1.69 bits per heavy atom. The van der Waals surface area contributed by atoms with Gasteiger partial charge in [0.15, 0.2) is 0 Å². The van der Waals surface area contributed by atoms with E-state index in [0.29, 0.717) is 13.2 Å². The molecular weight excluding hydrogens is 366 g/mol. The Kier molecular flexibility index (Phi) is 8.83. The van der Waals surface area contributed by atoms with Crippen molar-refractivity contribution in [2.75, 3.05) is 38.7 Å². The highest BCUT2D eigenvalue weighted by Crippen LogP contribution is 2.18. The zero-order valence-electron chi connectivity index (χ0n) is 17.7. The van der Waals surface area contributed by atoms with Crippen molar-refractivity contribution in [3.8, 4) is 0 Å². The fourth-order valence-electron chi connectivity index (χ4n) is 3.03. The van der Waals surface area contributed by atoms with Crippen LogP contribution in [0.15, 0.2) is 48.5 Å². The van der Waals surface area contributed by atoms with Gasteiger partial charge in [-0.1, -0.05) is 42.5 Å². The highest BCUT2D eigenvalue weighted by atomic mass is 16.5. The number of rotatable bonds is 10. The second-order valence-corrected chi connectivity index (χ2v) is 7.20. The molecule has 0 saturated carbocycles. The minimum absolute atomic E-state index is 0.100. The molecule has 156 valence electrons. The van der Waals surface area contributed by atoms with Gasteiger partial charge < -0.3 is 15.4 Å². The van der Waals surface area contributed by atoms with E-state index >= 15 is 0 Å². The molecule has 2 aromatic rings. The highest BCUT2D eigenvalue weighted by Gasteiger charge is 2.17. The van der Waals surface area contributed by atoms with Crippen LogP contribution < -0.4 is 10.6 Å². The summed E-state index contributed by atoms with van der Waals surface area (Å²) in [5, 5.41) is 5.93. The van der Waals surface area contributed by atoms with Crippen molar-refractivity contribution in [3.05, 3.63) is 65.2 Å². The van der Waals surface area contributed by atoms with Crippen LogP contribution in [-0.4, -0.2) is 50.1 Å². The lowest BCUT2D eigenvalue weighted by Crippen LogP contribution is -2.43. The smallest absolute Gasteiger partial charge is 0.238 e. The van der Waals surface area contributed by atoms with Crippen molar-refractivity contribution in [2.24, 2.45) is 0 Å². The van der Waals surface area contributed by atoms with Crippen LogP contribution in [0.25, 0.3) is 0 Å². The number of benzene rings is 2. The van der Waals surface area contributed by atoms with E-state index in [9.17, 15) is 9.59 Å². The van der Waals surface area contributed by atoms with E-state index in [1.807, 2.05) is 69.3 Å². The maximum absolute atomic E-state index is 12.5. The molecule has 1 unspecified atom stereocenters. The molecule has 0 aliphatic carbocycles. The molecule has 0 saturated heterocycles. The van der Waals surface area contributed by atoms with E-state index in [1.54, 1.807) is 12.0 Å². The number of hydrogen-bond donors (Lipinski definition) is 2. The molecule has 0 aliphatic rings. The van der Waals surface area contributed by atoms with Gasteiger partial charge in [-0.15, -0.1) is 0 Å². The lowest BCUT2D eigenvalue weighted by molar-refractivity contribution is -0.124. The van der Waals surface area contributed by atoms with E-state index in [-0.39, 0.29) is 30.9 Å². The summed E-state index contributed by atoms with van der Waals surface area (Å²) in [6.45, 7) is 7.10. The Morgan fingerprint density at radius 1 is 1.00 bits per heavy atom. The Balaban J connectivity index is 1.94. The minimum atomic E-state index is -0.154. The van der Waals surface area contributed by atoms with E-state index < -0.39 is 0 Å². The first kappa shape index (κ1) is 22.6. The van der Waals surface area contributed by atoms with Crippen molar-refractivity contribution in [2.45, 2.75) is 26.8 Å². The average Bonchev–Trinajstić information content (AvgIpc) is 2.70. The van der Waals surface area contributed by atoms with E-state index in [2.05, 4.69) is 10.6 Å². The van der Waals surface area contributed by atoms with Crippen molar-refractivity contribution < 1.29 is 14.3 Å². The number of carbonyl (C=O) groups excluding carboxylic acids is 2. The maximum Gasteiger partial charge on any atom is 0.238 e. The van der Waals surface area contributed by atoms with Crippen molar-refractivity contribution in [1.29, 1.82) is 0 Å². The number of carbonyl (C=O) groups is 2. The van der Waals surface area contributed by atoms with Gasteiger partial charge in [-0.05, 0) is 43.5 Å². The lowest BCUT2D eigenvalue weighted by atomic mass is 10.1. The molecule has 0 fully saturated rings. The Bertz CT molecular complexity index is 808. The SMILES string of the molecule is COCCN(CC(=O)Nc1cccc(C)c1C)CC(=O)NC(C)c1ccccc1. The van der Waals surface area contributed by atoms with Gasteiger partial charge in [0.1, 0.15) is 0 Å². The molecule has 2 rings (SSSR count). The molecule has 2 N–H and O–H groups in total. The van der Waals surface area contributed by atoms with Crippen LogP contribution in [0.1, 0.15) is 29.7 Å². The van der Waals surface area contributed by atoms with Crippen LogP contribution in [0.2, 0.25) is 0 Å². The van der Waals surface area contributed by atoms with Crippen LogP contribution in [0.4, 0.5) is 5.69 Å². The summed E-state index contributed by atoms with van der Waals surface area (Å²) in [6, 6.07) is 15.5. The highest BCUT2D eigenvalue weighted by molar-refractivity contribution is 5.93. The minimum Gasteiger partial charge on any atom is -0.383 e. The standard InChI is InChI=1S/C23H31N3O3/c1-17-9-8-12-21(18(17)2)25-23(28)16-26(13-14-29-4)15-22(27)24-19(3)20-10-6-5-7-11-20/h5-12,19H,13-16H2,1-4H3,(H,24,27)(H,25,28). The zero-order valence-corrected chi connectivity index (χ0v) is 17.7. The number of aryl methyl sites for hydroxylation is 1. The molecular formula is C23H31N3O3. The molecule has 0 heterocycles. The summed E-state index contributed by atoms with van der Waals surface area (Å²) in [5.74, 6) is -0.282. The summed E-state index contributed by atoms with van der Waals surface area (Å²) in [7, 11) is 1.60. The second-order valence-electron chi connectivity index (χ2n) is 7.20. The number of nitrogens with zero attached hydrogens (tertiary/aromatic N) is 1. The topological polar surface area (TPSA) is 70.7 Å². The summed E-state index contributed by atoms with van der Waals surface area (Å²) in [4.78, 5) is 26.9. The van der Waals surface area contributed by atoms with Gasteiger partial charge in [0.05, 0.1) is 25.7 Å². The third-order valence-corrected chi connectivity index (χ3v) is 4.90. The molecule has 0 aliphatic heterocycles. The van der Waals surface area contributed by atoms with Gasteiger partial charge >= 0.3 is 0 Å². The lowest BCUT2D eigenvalue weighted by Gasteiger charge is -2.23. The van der Waals surface area contributed by atoms with Gasteiger partial charge in [0.2, 0.25) is 11.8 Å². The maximum atomic E-state index is 12.5. The first-order valence-electron chi connectivity index (χ1n) is 9.82. The van der Waals surface area contributed by atoms with E-state index in [4.69, 9.17) is 4.74 Å². The first-order chi connectivity index (χ1) is 13.9. The first-order valence-corrected chi connectivity index (χ1v) is 9.82. The van der Waals surface area contributed by atoms with Gasteiger partial charge in [0.25, 0.3) is 0 Å². The van der Waals surface area contributed by atoms with E-state index in [0.717, 1.165) is 22.4 Å². The molecule has 0 radical (unpaired) electrons. The van der Waals surface area contributed by atoms with Gasteiger partial charge in [-0.2, -0.15) is 0 Å². The van der Waals surface area contributed by atoms with Crippen molar-refractivity contribution in [1.82, 2.24) is 10.2 Å². The van der Waals surface area contributed by atoms with Crippen LogP contribution in [0, 0.1) is 13.8 Å². The molecule has 29 heavy (non-hydrogen) atoms. The molecule has 0 aromatic heterocycles. The third kappa shape index (κ3) is 7.33. The Hall–Kier alpha value is -2.70. The van der Waals surface area contributed by atoms with Crippen LogP contribution >= 0.6 is 0 Å². The number of ether oxygens (including phenoxy) is 1. The van der Waals surface area contributed by atoms with Crippen molar-refractivity contribution in [3.63, 3.8) is 0 Å². The quantitative estimate of drug-likeness (QED) is 0.646. The van der Waals surface area contributed by atoms with Crippen LogP contribution in [-0.2, 0) is 14.3 Å². The number of hydrogen-bond acceptors (Lipinski definition) is 4. The van der Waals surface area contributed by atoms with Gasteiger partial charge in [-0.3, -0.25) is 14.5 Å². The molecule has 2 aromatic carbocycles. The Labute approximate surface area is 173 Å². The monoisotopic (exact) mass is 397 g/mol. The summed E-state index contributed by atoms with van der Waals surface area (Å²) < 4.78 is 5.13. The van der Waals surface area contributed by atoms with Crippen molar-refractivity contribution >= 4 is 17.5 Å². The third-order valence-electron chi connectivity index (χ3n) is 4.90. The molecule has 6 nitrogen and oxygen atoms in total. The normalized spacial score (nSPS) is 11.9. The fourth-order valence-corrected chi connectivity index (χ4v) is 3.03. The predicted octanol–water partition coefficient (Wildman–Crippen LogP) is 3.07. The molecule has 6 heteroatoms. The predicted molar refractivity (Wildman–Crippen MR) is 116 cm³/mol. The fraction of sp³-hybridized carbons (Fsp3) is 0.391. The number of methoxy groups -OCH3 is 1. The summed E-state index contributed by atoms with van der Waals surface area (Å²) in [6.07, 6.45) is 0. The molecule has 0 spiro atoms. The number of amides is 2. The second kappa shape index (κ2) is 11.3. The van der Waals surface area contributed by atoms with Gasteiger partial charge in [0, 0.05) is 19.3 Å². The van der Waals surface area contributed by atoms with Crippen LogP contribution in [0.3, 0.4) is 0 Å². The largest absolute Gasteiger partial charge is 0.383 e. The number of anilines is 1.